The highest BCUT2D eigenvalue weighted by Gasteiger charge is 2.17. The summed E-state index contributed by atoms with van der Waals surface area (Å²) >= 11 is 0. The second-order valence-corrected chi connectivity index (χ2v) is 8.54. The van der Waals surface area contributed by atoms with Crippen LogP contribution in [0.1, 0.15) is 36.5 Å². The van der Waals surface area contributed by atoms with E-state index in [1.165, 1.54) is 11.1 Å². The van der Waals surface area contributed by atoms with Gasteiger partial charge < -0.3 is 24.8 Å². The minimum Gasteiger partial charge on any atom is -0.454 e. The van der Waals surface area contributed by atoms with E-state index >= 15 is 0 Å². The van der Waals surface area contributed by atoms with Crippen molar-refractivity contribution in [1.29, 1.82) is 0 Å². The quantitative estimate of drug-likeness (QED) is 0.512. The maximum Gasteiger partial charge on any atom is 0.231 e. The first-order chi connectivity index (χ1) is 15.6. The average molecular weight is 439 g/mol. The zero-order valence-corrected chi connectivity index (χ0v) is 19.1. The number of nitrogens with zero attached hydrogens (tertiary/aromatic N) is 3. The average Bonchev–Trinajstić information content (AvgIpc) is 3.27. The Morgan fingerprint density at radius 3 is 2.50 bits per heavy atom. The molecule has 0 unspecified atom stereocenters. The van der Waals surface area contributed by atoms with E-state index in [1.807, 2.05) is 19.2 Å². The molecular formula is C25H34N4O3. The van der Waals surface area contributed by atoms with Gasteiger partial charge in [0.25, 0.3) is 0 Å². The Balaban J connectivity index is 1.34. The third kappa shape index (κ3) is 5.93. The summed E-state index contributed by atoms with van der Waals surface area (Å²) in [7, 11) is 2.05. The van der Waals surface area contributed by atoms with Crippen LogP contribution in [0.15, 0.2) is 47.5 Å². The molecule has 0 aromatic heterocycles. The highest BCUT2D eigenvalue weighted by atomic mass is 16.7. The first-order valence-electron chi connectivity index (χ1n) is 11.5. The number of rotatable bonds is 7. The van der Waals surface area contributed by atoms with E-state index in [0.717, 1.165) is 68.6 Å². The largest absolute Gasteiger partial charge is 0.454 e. The number of likely N-dealkylation sites (tertiary alicyclic amines) is 1. The number of aliphatic hydroxyl groups is 1. The molecule has 7 nitrogen and oxygen atoms in total. The third-order valence-electron chi connectivity index (χ3n) is 5.95. The topological polar surface area (TPSA) is 69.6 Å². The molecule has 4 rings (SSSR count). The first-order valence-corrected chi connectivity index (χ1v) is 11.5. The number of aliphatic imine (C=N–C) groups is 1. The van der Waals surface area contributed by atoms with Gasteiger partial charge in [-0.15, -0.1) is 0 Å². The van der Waals surface area contributed by atoms with E-state index in [0.29, 0.717) is 13.3 Å². The molecule has 2 aromatic carbocycles. The fourth-order valence-corrected chi connectivity index (χ4v) is 4.11. The minimum absolute atomic E-state index is 0.124. The molecule has 2 heterocycles. The molecule has 2 N–H and O–H groups in total. The normalized spacial score (nSPS) is 16.9. The van der Waals surface area contributed by atoms with Crippen molar-refractivity contribution in [1.82, 2.24) is 15.1 Å². The highest BCUT2D eigenvalue weighted by Crippen LogP contribution is 2.32. The lowest BCUT2D eigenvalue weighted by Crippen LogP contribution is -2.38. The summed E-state index contributed by atoms with van der Waals surface area (Å²) in [4.78, 5) is 9.38. The predicted molar refractivity (Wildman–Crippen MR) is 126 cm³/mol. The molecule has 0 spiro atoms. The Morgan fingerprint density at radius 1 is 1.06 bits per heavy atom. The van der Waals surface area contributed by atoms with Crippen LogP contribution in [0.25, 0.3) is 0 Å². The fraction of sp³-hybridized carbons (Fsp3) is 0.480. The van der Waals surface area contributed by atoms with Crippen molar-refractivity contribution in [2.75, 3.05) is 33.5 Å². The zero-order chi connectivity index (χ0) is 22.3. The number of piperidine rings is 1. The van der Waals surface area contributed by atoms with Crippen molar-refractivity contribution < 1.29 is 14.6 Å². The van der Waals surface area contributed by atoms with E-state index in [1.54, 1.807) is 0 Å². The van der Waals surface area contributed by atoms with Crippen molar-refractivity contribution in [3.63, 3.8) is 0 Å². The molecule has 0 saturated carbocycles. The molecule has 2 aliphatic rings. The van der Waals surface area contributed by atoms with E-state index in [2.05, 4.69) is 52.4 Å². The second-order valence-electron chi connectivity index (χ2n) is 8.54. The number of fused-ring (bicyclic) bond motifs is 1. The first kappa shape index (κ1) is 22.4. The molecule has 7 heteroatoms. The number of hydrogen-bond donors (Lipinski definition) is 2. The highest BCUT2D eigenvalue weighted by molar-refractivity contribution is 5.79. The number of guanidine groups is 1. The Kier molecular flexibility index (Phi) is 7.50. The van der Waals surface area contributed by atoms with Crippen LogP contribution < -0.4 is 14.8 Å². The number of hydrogen-bond acceptors (Lipinski definition) is 5. The van der Waals surface area contributed by atoms with Gasteiger partial charge in [-0.05, 0) is 48.6 Å². The number of aliphatic hydroxyl groups excluding tert-OH is 1. The smallest absolute Gasteiger partial charge is 0.231 e. The van der Waals surface area contributed by atoms with Gasteiger partial charge in [0.05, 0.1) is 12.6 Å². The Morgan fingerprint density at radius 2 is 1.75 bits per heavy atom. The maximum atomic E-state index is 9.67. The van der Waals surface area contributed by atoms with Crippen LogP contribution in [-0.4, -0.2) is 60.4 Å². The lowest BCUT2D eigenvalue weighted by Gasteiger charge is -2.29. The molecule has 2 aromatic rings. The SMILES string of the molecule is CCNC(=NCc1ccc(CN2CCC(O)CC2)cc1)N(C)Cc1ccc2c(c1)OCO2. The van der Waals surface area contributed by atoms with Crippen molar-refractivity contribution in [3.8, 4) is 11.5 Å². The lowest BCUT2D eigenvalue weighted by molar-refractivity contribution is 0.0792. The van der Waals surface area contributed by atoms with E-state index in [-0.39, 0.29) is 6.10 Å². The number of nitrogens with one attached hydrogen (secondary N) is 1. The summed E-state index contributed by atoms with van der Waals surface area (Å²) in [6, 6.07) is 14.8. The lowest BCUT2D eigenvalue weighted by atomic mass is 10.1. The van der Waals surface area contributed by atoms with Crippen LogP contribution in [0, 0.1) is 0 Å². The molecule has 1 saturated heterocycles. The number of benzene rings is 2. The van der Waals surface area contributed by atoms with Crippen LogP contribution >= 0.6 is 0 Å². The van der Waals surface area contributed by atoms with Crippen LogP contribution in [0.4, 0.5) is 0 Å². The standard InChI is InChI=1S/C25H34N4O3/c1-3-26-25(28(2)16-21-8-9-23-24(14-21)32-18-31-23)27-15-19-4-6-20(7-5-19)17-29-12-10-22(30)11-13-29/h4-9,14,22,30H,3,10-13,15-18H2,1-2H3,(H,26,27). The Bertz CT molecular complexity index is 908. The summed E-state index contributed by atoms with van der Waals surface area (Å²) in [5.74, 6) is 2.48. The summed E-state index contributed by atoms with van der Waals surface area (Å²) in [5.41, 5.74) is 3.65. The molecule has 0 bridgehead atoms. The van der Waals surface area contributed by atoms with Gasteiger partial charge in [-0.1, -0.05) is 30.3 Å². The van der Waals surface area contributed by atoms with E-state index < -0.39 is 0 Å². The summed E-state index contributed by atoms with van der Waals surface area (Å²) in [5, 5.41) is 13.1. The molecule has 0 radical (unpaired) electrons. The molecule has 1 fully saturated rings. The van der Waals surface area contributed by atoms with Crippen molar-refractivity contribution in [3.05, 3.63) is 59.2 Å². The molecule has 0 atom stereocenters. The van der Waals surface area contributed by atoms with Crippen LogP contribution in [-0.2, 0) is 19.6 Å². The van der Waals surface area contributed by atoms with Gasteiger partial charge in [0.2, 0.25) is 6.79 Å². The Labute approximate surface area is 190 Å². The van der Waals surface area contributed by atoms with Crippen LogP contribution in [0.2, 0.25) is 0 Å². The monoisotopic (exact) mass is 438 g/mol. The van der Waals surface area contributed by atoms with Crippen LogP contribution in [0.5, 0.6) is 11.5 Å². The van der Waals surface area contributed by atoms with Gasteiger partial charge in [0.15, 0.2) is 17.5 Å². The predicted octanol–water partition coefficient (Wildman–Crippen LogP) is 2.97. The van der Waals surface area contributed by atoms with E-state index in [4.69, 9.17) is 14.5 Å². The van der Waals surface area contributed by atoms with Crippen molar-refractivity contribution >= 4 is 5.96 Å². The van der Waals surface area contributed by atoms with E-state index in [9.17, 15) is 5.11 Å². The second kappa shape index (κ2) is 10.7. The van der Waals surface area contributed by atoms with Crippen molar-refractivity contribution in [2.24, 2.45) is 4.99 Å². The molecule has 0 amide bonds. The fourth-order valence-electron chi connectivity index (χ4n) is 4.11. The van der Waals surface area contributed by atoms with Crippen molar-refractivity contribution in [2.45, 2.75) is 45.5 Å². The summed E-state index contributed by atoms with van der Waals surface area (Å²) < 4.78 is 10.9. The summed E-state index contributed by atoms with van der Waals surface area (Å²) in [6.07, 6.45) is 1.63. The zero-order valence-electron chi connectivity index (χ0n) is 19.1. The van der Waals surface area contributed by atoms with Gasteiger partial charge in [0.1, 0.15) is 0 Å². The van der Waals surface area contributed by atoms with Gasteiger partial charge in [-0.2, -0.15) is 0 Å². The minimum atomic E-state index is -0.124. The Hall–Kier alpha value is -2.77. The third-order valence-corrected chi connectivity index (χ3v) is 5.95. The summed E-state index contributed by atoms with van der Waals surface area (Å²) in [6.45, 7) is 7.42. The molecule has 172 valence electrons. The number of ether oxygens (including phenoxy) is 2. The van der Waals surface area contributed by atoms with Crippen LogP contribution in [0.3, 0.4) is 0 Å². The maximum absolute atomic E-state index is 9.67. The molecular weight excluding hydrogens is 404 g/mol. The van der Waals surface area contributed by atoms with Gasteiger partial charge in [-0.3, -0.25) is 4.90 Å². The molecule has 2 aliphatic heterocycles. The van der Waals surface area contributed by atoms with Gasteiger partial charge in [-0.25, -0.2) is 4.99 Å². The van der Waals surface area contributed by atoms with Gasteiger partial charge in [0, 0.05) is 39.8 Å². The van der Waals surface area contributed by atoms with Gasteiger partial charge >= 0.3 is 0 Å². The molecule has 0 aliphatic carbocycles. The molecule has 32 heavy (non-hydrogen) atoms.